The molecule has 0 saturated carbocycles. The zero-order valence-corrected chi connectivity index (χ0v) is 18.5. The second kappa shape index (κ2) is 11.4. The summed E-state index contributed by atoms with van der Waals surface area (Å²) in [4.78, 5) is 12.3. The standard InChI is InChI=1S/C27H28N2O4/c30-15-16-32-17-18-33-27(31)23-11-12-24-20-29(28-26(24)19-23)14-13-25(21-7-3-1-4-8-21)22-9-5-2-6-10-22/h1-12,19-20,25,30H,13-18H2. The van der Waals surface area contributed by atoms with Gasteiger partial charge in [0.1, 0.15) is 6.61 Å². The molecule has 0 bridgehead atoms. The molecule has 0 amide bonds. The maximum Gasteiger partial charge on any atom is 0.338 e. The van der Waals surface area contributed by atoms with Gasteiger partial charge in [-0.15, -0.1) is 0 Å². The minimum atomic E-state index is -0.410. The summed E-state index contributed by atoms with van der Waals surface area (Å²) in [5.41, 5.74) is 3.79. The van der Waals surface area contributed by atoms with E-state index in [9.17, 15) is 4.79 Å². The molecule has 1 heterocycles. The second-order valence-corrected chi connectivity index (χ2v) is 7.80. The first-order valence-electron chi connectivity index (χ1n) is 11.2. The van der Waals surface area contributed by atoms with Crippen molar-refractivity contribution in [2.75, 3.05) is 26.4 Å². The van der Waals surface area contributed by atoms with Crippen molar-refractivity contribution in [3.63, 3.8) is 0 Å². The molecule has 3 aromatic carbocycles. The minimum Gasteiger partial charge on any atom is -0.460 e. The van der Waals surface area contributed by atoms with Gasteiger partial charge in [0.05, 0.1) is 30.9 Å². The Bertz CT molecular complexity index is 1120. The number of hydrogen-bond donors (Lipinski definition) is 1. The predicted octanol–water partition coefficient (Wildman–Crippen LogP) is 4.42. The van der Waals surface area contributed by atoms with Crippen molar-refractivity contribution < 1.29 is 19.4 Å². The van der Waals surface area contributed by atoms with Crippen LogP contribution in [0.5, 0.6) is 0 Å². The third-order valence-corrected chi connectivity index (χ3v) is 5.54. The topological polar surface area (TPSA) is 73.6 Å². The zero-order valence-electron chi connectivity index (χ0n) is 18.5. The van der Waals surface area contributed by atoms with E-state index in [0.717, 1.165) is 23.9 Å². The van der Waals surface area contributed by atoms with Gasteiger partial charge in [-0.05, 0) is 29.7 Å². The van der Waals surface area contributed by atoms with E-state index < -0.39 is 5.97 Å². The number of aliphatic hydroxyl groups excluding tert-OH is 1. The molecule has 0 unspecified atom stereocenters. The Hall–Kier alpha value is -3.48. The van der Waals surface area contributed by atoms with Gasteiger partial charge in [-0.2, -0.15) is 5.10 Å². The Balaban J connectivity index is 1.43. The van der Waals surface area contributed by atoms with Crippen LogP contribution in [0.15, 0.2) is 85.1 Å². The molecule has 0 aliphatic carbocycles. The number of carbonyl (C=O) groups excluding carboxylic acids is 1. The molecule has 0 radical (unpaired) electrons. The summed E-state index contributed by atoms with van der Waals surface area (Å²) in [5, 5.41) is 14.4. The van der Waals surface area contributed by atoms with Crippen molar-refractivity contribution in [2.45, 2.75) is 18.9 Å². The molecule has 33 heavy (non-hydrogen) atoms. The number of nitrogens with zero attached hydrogens (tertiary/aromatic N) is 2. The molecule has 0 saturated heterocycles. The number of ether oxygens (including phenoxy) is 2. The van der Waals surface area contributed by atoms with E-state index >= 15 is 0 Å². The number of esters is 1. The molecule has 0 aliphatic heterocycles. The van der Waals surface area contributed by atoms with Crippen molar-refractivity contribution in [2.24, 2.45) is 0 Å². The fourth-order valence-electron chi connectivity index (χ4n) is 3.91. The smallest absolute Gasteiger partial charge is 0.338 e. The van der Waals surface area contributed by atoms with Gasteiger partial charge in [-0.1, -0.05) is 66.7 Å². The molecule has 4 aromatic rings. The summed E-state index contributed by atoms with van der Waals surface area (Å²) >= 11 is 0. The fourth-order valence-corrected chi connectivity index (χ4v) is 3.91. The van der Waals surface area contributed by atoms with Crippen LogP contribution in [0.4, 0.5) is 0 Å². The van der Waals surface area contributed by atoms with Crippen molar-refractivity contribution in [1.29, 1.82) is 0 Å². The molecule has 0 aliphatic rings. The highest BCUT2D eigenvalue weighted by atomic mass is 16.6. The first-order valence-corrected chi connectivity index (χ1v) is 11.2. The summed E-state index contributed by atoms with van der Waals surface area (Å²) in [5.74, 6) is -0.134. The molecular weight excluding hydrogens is 416 g/mol. The number of rotatable bonds is 11. The first kappa shape index (κ1) is 22.7. The predicted molar refractivity (Wildman–Crippen MR) is 127 cm³/mol. The van der Waals surface area contributed by atoms with Crippen molar-refractivity contribution in [3.05, 3.63) is 102 Å². The largest absolute Gasteiger partial charge is 0.460 e. The average molecular weight is 445 g/mol. The lowest BCUT2D eigenvalue weighted by atomic mass is 9.88. The van der Waals surface area contributed by atoms with Gasteiger partial charge in [0, 0.05) is 24.0 Å². The Morgan fingerprint density at radius 3 is 2.27 bits per heavy atom. The number of benzene rings is 3. The van der Waals surface area contributed by atoms with E-state index in [0.29, 0.717) is 5.56 Å². The molecule has 0 fully saturated rings. The van der Waals surface area contributed by atoms with Crippen LogP contribution in [0.2, 0.25) is 0 Å². The van der Waals surface area contributed by atoms with Crippen LogP contribution in [-0.4, -0.2) is 47.3 Å². The van der Waals surface area contributed by atoms with Gasteiger partial charge in [0.25, 0.3) is 0 Å². The third kappa shape index (κ3) is 6.06. The van der Waals surface area contributed by atoms with Gasteiger partial charge in [0.2, 0.25) is 0 Å². The lowest BCUT2D eigenvalue weighted by Gasteiger charge is -2.18. The van der Waals surface area contributed by atoms with E-state index in [2.05, 4.69) is 48.5 Å². The molecule has 6 heteroatoms. The zero-order chi connectivity index (χ0) is 22.9. The van der Waals surface area contributed by atoms with Gasteiger partial charge >= 0.3 is 5.97 Å². The summed E-state index contributed by atoms with van der Waals surface area (Å²) < 4.78 is 12.3. The van der Waals surface area contributed by atoms with Crippen LogP contribution in [-0.2, 0) is 16.0 Å². The molecule has 4 rings (SSSR count). The number of fused-ring (bicyclic) bond motifs is 1. The Labute approximate surface area is 193 Å². The fraction of sp³-hybridized carbons (Fsp3) is 0.259. The van der Waals surface area contributed by atoms with E-state index in [1.165, 1.54) is 11.1 Å². The molecule has 0 spiro atoms. The number of aryl methyl sites for hydroxylation is 1. The van der Waals surface area contributed by atoms with Gasteiger partial charge in [0.15, 0.2) is 0 Å². The van der Waals surface area contributed by atoms with Crippen LogP contribution in [0.3, 0.4) is 0 Å². The lowest BCUT2D eigenvalue weighted by molar-refractivity contribution is 0.0258. The van der Waals surface area contributed by atoms with E-state index in [1.54, 1.807) is 12.1 Å². The lowest BCUT2D eigenvalue weighted by Crippen LogP contribution is -2.12. The van der Waals surface area contributed by atoms with Crippen LogP contribution < -0.4 is 0 Å². The van der Waals surface area contributed by atoms with Crippen LogP contribution in [0.25, 0.3) is 10.9 Å². The Morgan fingerprint density at radius 2 is 1.61 bits per heavy atom. The average Bonchev–Trinajstić information content (AvgIpc) is 3.27. The summed E-state index contributed by atoms with van der Waals surface area (Å²) in [6.45, 7) is 1.34. The summed E-state index contributed by atoms with van der Waals surface area (Å²) in [6, 6.07) is 26.5. The highest BCUT2D eigenvalue weighted by molar-refractivity contribution is 5.94. The Morgan fingerprint density at radius 1 is 0.909 bits per heavy atom. The van der Waals surface area contributed by atoms with Crippen LogP contribution >= 0.6 is 0 Å². The molecule has 6 nitrogen and oxygen atoms in total. The van der Waals surface area contributed by atoms with Gasteiger partial charge < -0.3 is 14.6 Å². The van der Waals surface area contributed by atoms with Crippen LogP contribution in [0, 0.1) is 0 Å². The third-order valence-electron chi connectivity index (χ3n) is 5.54. The normalized spacial score (nSPS) is 11.2. The minimum absolute atomic E-state index is 0.0509. The quantitative estimate of drug-likeness (QED) is 0.274. The second-order valence-electron chi connectivity index (χ2n) is 7.80. The number of aliphatic hydroxyl groups is 1. The van der Waals surface area contributed by atoms with Crippen molar-refractivity contribution in [1.82, 2.24) is 9.78 Å². The highest BCUT2D eigenvalue weighted by Crippen LogP contribution is 2.28. The maximum atomic E-state index is 12.3. The maximum absolute atomic E-state index is 12.3. The Kier molecular flexibility index (Phi) is 7.85. The molecule has 0 atom stereocenters. The molecule has 170 valence electrons. The van der Waals surface area contributed by atoms with E-state index in [1.807, 2.05) is 29.1 Å². The first-order chi connectivity index (χ1) is 16.2. The summed E-state index contributed by atoms with van der Waals surface area (Å²) in [7, 11) is 0. The number of aromatic nitrogens is 2. The molecule has 1 aromatic heterocycles. The SMILES string of the molecule is O=C(OCCOCCO)c1ccc2cn(CCC(c3ccccc3)c3ccccc3)nc2c1. The van der Waals surface area contributed by atoms with E-state index in [-0.39, 0.29) is 32.3 Å². The van der Waals surface area contributed by atoms with Crippen molar-refractivity contribution >= 4 is 16.9 Å². The van der Waals surface area contributed by atoms with E-state index in [4.69, 9.17) is 19.7 Å². The van der Waals surface area contributed by atoms with Crippen molar-refractivity contribution in [3.8, 4) is 0 Å². The van der Waals surface area contributed by atoms with Gasteiger partial charge in [-0.3, -0.25) is 4.68 Å². The molecular formula is C27H28N2O4. The monoisotopic (exact) mass is 444 g/mol. The van der Waals surface area contributed by atoms with Gasteiger partial charge in [-0.25, -0.2) is 4.79 Å². The number of carbonyl (C=O) groups is 1. The molecule has 1 N–H and O–H groups in total. The summed E-state index contributed by atoms with van der Waals surface area (Å²) in [6.07, 6.45) is 2.92. The number of hydrogen-bond acceptors (Lipinski definition) is 5. The highest BCUT2D eigenvalue weighted by Gasteiger charge is 2.15. The van der Waals surface area contributed by atoms with Crippen LogP contribution in [0.1, 0.15) is 33.8 Å².